The fourth-order valence-electron chi connectivity index (χ4n) is 2.53. The minimum absolute atomic E-state index is 0.0493. The SMILES string of the molecule is COc1ccc(CN2C[C@@H](C(O)CO)O[C@@H](C)C2)cc1. The van der Waals surface area contributed by atoms with Gasteiger partial charge in [-0.25, -0.2) is 0 Å². The molecule has 0 aliphatic carbocycles. The molecule has 0 spiro atoms. The molecule has 1 aromatic carbocycles. The highest BCUT2D eigenvalue weighted by molar-refractivity contribution is 5.27. The third-order valence-electron chi connectivity index (χ3n) is 3.54. The molecule has 1 aliphatic heterocycles. The van der Waals surface area contributed by atoms with E-state index in [0.717, 1.165) is 18.8 Å². The Labute approximate surface area is 119 Å². The zero-order valence-corrected chi connectivity index (χ0v) is 12.0. The molecule has 0 bridgehead atoms. The summed E-state index contributed by atoms with van der Waals surface area (Å²) in [6.07, 6.45) is -1.11. The van der Waals surface area contributed by atoms with Crippen molar-refractivity contribution in [2.45, 2.75) is 31.8 Å². The largest absolute Gasteiger partial charge is 0.497 e. The minimum Gasteiger partial charge on any atom is -0.497 e. The van der Waals surface area contributed by atoms with Crippen LogP contribution in [-0.2, 0) is 11.3 Å². The molecule has 112 valence electrons. The van der Waals surface area contributed by atoms with Gasteiger partial charge >= 0.3 is 0 Å². The lowest BCUT2D eigenvalue weighted by Gasteiger charge is -2.38. The molecule has 1 aromatic rings. The molecule has 1 saturated heterocycles. The van der Waals surface area contributed by atoms with Gasteiger partial charge < -0.3 is 19.7 Å². The van der Waals surface area contributed by atoms with Crippen molar-refractivity contribution < 1.29 is 19.7 Å². The number of nitrogens with zero attached hydrogens (tertiary/aromatic N) is 1. The van der Waals surface area contributed by atoms with Gasteiger partial charge in [0.1, 0.15) is 11.9 Å². The van der Waals surface area contributed by atoms with Gasteiger partial charge in [-0.1, -0.05) is 12.1 Å². The highest BCUT2D eigenvalue weighted by Gasteiger charge is 2.29. The van der Waals surface area contributed by atoms with Crippen molar-refractivity contribution >= 4 is 0 Å². The van der Waals surface area contributed by atoms with Crippen LogP contribution in [0.1, 0.15) is 12.5 Å². The summed E-state index contributed by atoms with van der Waals surface area (Å²) in [5, 5.41) is 18.8. The lowest BCUT2D eigenvalue weighted by molar-refractivity contribution is -0.135. The van der Waals surface area contributed by atoms with Crippen LogP contribution in [0.5, 0.6) is 5.75 Å². The van der Waals surface area contributed by atoms with Crippen LogP contribution < -0.4 is 4.74 Å². The monoisotopic (exact) mass is 281 g/mol. The van der Waals surface area contributed by atoms with Crippen LogP contribution in [-0.4, -0.2) is 60.2 Å². The molecule has 0 saturated carbocycles. The minimum atomic E-state index is -0.823. The first kappa shape index (κ1) is 15.3. The van der Waals surface area contributed by atoms with E-state index in [9.17, 15) is 5.11 Å². The Morgan fingerprint density at radius 2 is 2.05 bits per heavy atom. The van der Waals surface area contributed by atoms with Crippen LogP contribution >= 0.6 is 0 Å². The molecule has 2 rings (SSSR count). The van der Waals surface area contributed by atoms with Gasteiger partial charge in [-0.2, -0.15) is 0 Å². The van der Waals surface area contributed by atoms with E-state index in [1.807, 2.05) is 31.2 Å². The van der Waals surface area contributed by atoms with Crippen LogP contribution in [0.2, 0.25) is 0 Å². The molecule has 0 radical (unpaired) electrons. The topological polar surface area (TPSA) is 62.2 Å². The van der Waals surface area contributed by atoms with Gasteiger partial charge in [0.2, 0.25) is 0 Å². The van der Waals surface area contributed by atoms with Gasteiger partial charge in [0.25, 0.3) is 0 Å². The summed E-state index contributed by atoms with van der Waals surface area (Å²) in [7, 11) is 1.65. The van der Waals surface area contributed by atoms with Crippen molar-refractivity contribution in [3.05, 3.63) is 29.8 Å². The summed E-state index contributed by atoms with van der Waals surface area (Å²) in [5.74, 6) is 0.845. The lowest BCUT2D eigenvalue weighted by Crippen LogP contribution is -2.51. The number of benzene rings is 1. The highest BCUT2D eigenvalue weighted by atomic mass is 16.5. The zero-order valence-electron chi connectivity index (χ0n) is 12.0. The number of ether oxygens (including phenoxy) is 2. The Morgan fingerprint density at radius 3 is 2.65 bits per heavy atom. The third kappa shape index (κ3) is 3.93. The van der Waals surface area contributed by atoms with Crippen molar-refractivity contribution in [3.8, 4) is 5.75 Å². The summed E-state index contributed by atoms with van der Waals surface area (Å²) in [5.41, 5.74) is 1.19. The van der Waals surface area contributed by atoms with Gasteiger partial charge in [-0.05, 0) is 24.6 Å². The van der Waals surface area contributed by atoms with Crippen molar-refractivity contribution in [2.24, 2.45) is 0 Å². The molecule has 1 aliphatic rings. The zero-order chi connectivity index (χ0) is 14.5. The molecular weight excluding hydrogens is 258 g/mol. The Hall–Kier alpha value is -1.14. The summed E-state index contributed by atoms with van der Waals surface area (Å²) >= 11 is 0. The van der Waals surface area contributed by atoms with Gasteiger partial charge in [0.15, 0.2) is 0 Å². The number of aliphatic hydroxyl groups excluding tert-OH is 2. The van der Waals surface area contributed by atoms with Crippen molar-refractivity contribution in [1.29, 1.82) is 0 Å². The summed E-state index contributed by atoms with van der Waals surface area (Å²) < 4.78 is 10.8. The molecule has 2 N–H and O–H groups in total. The van der Waals surface area contributed by atoms with Crippen molar-refractivity contribution in [1.82, 2.24) is 4.90 Å². The maximum absolute atomic E-state index is 9.73. The Morgan fingerprint density at radius 1 is 1.35 bits per heavy atom. The molecule has 5 nitrogen and oxygen atoms in total. The fourth-order valence-corrected chi connectivity index (χ4v) is 2.53. The van der Waals surface area contributed by atoms with E-state index in [2.05, 4.69) is 4.90 Å². The van der Waals surface area contributed by atoms with E-state index in [1.54, 1.807) is 7.11 Å². The number of morpholine rings is 1. The van der Waals surface area contributed by atoms with Crippen molar-refractivity contribution in [3.63, 3.8) is 0 Å². The average molecular weight is 281 g/mol. The maximum Gasteiger partial charge on any atom is 0.118 e. The molecule has 1 fully saturated rings. The average Bonchev–Trinajstić information content (AvgIpc) is 2.46. The van der Waals surface area contributed by atoms with Crippen LogP contribution in [0, 0.1) is 0 Å². The van der Waals surface area contributed by atoms with E-state index in [-0.39, 0.29) is 18.8 Å². The fraction of sp³-hybridized carbons (Fsp3) is 0.600. The van der Waals surface area contributed by atoms with E-state index in [1.165, 1.54) is 5.56 Å². The van der Waals surface area contributed by atoms with Gasteiger partial charge in [0, 0.05) is 19.6 Å². The Kier molecular flexibility index (Phi) is 5.37. The number of hydrogen-bond acceptors (Lipinski definition) is 5. The molecule has 1 unspecified atom stereocenters. The second-order valence-corrected chi connectivity index (χ2v) is 5.28. The summed E-state index contributed by atoms with van der Waals surface area (Å²) in [6, 6.07) is 7.96. The van der Waals surface area contributed by atoms with Gasteiger partial charge in [0.05, 0.1) is 25.9 Å². The number of rotatable bonds is 5. The van der Waals surface area contributed by atoms with Gasteiger partial charge in [-0.3, -0.25) is 4.90 Å². The van der Waals surface area contributed by atoms with E-state index in [0.29, 0.717) is 6.54 Å². The molecule has 3 atom stereocenters. The lowest BCUT2D eigenvalue weighted by atomic mass is 10.1. The molecule has 20 heavy (non-hydrogen) atoms. The van der Waals surface area contributed by atoms with Crippen LogP contribution in [0.3, 0.4) is 0 Å². The van der Waals surface area contributed by atoms with Crippen molar-refractivity contribution in [2.75, 3.05) is 26.8 Å². The third-order valence-corrected chi connectivity index (χ3v) is 3.54. The first-order chi connectivity index (χ1) is 9.62. The molecule has 5 heteroatoms. The van der Waals surface area contributed by atoms with E-state index in [4.69, 9.17) is 14.6 Å². The van der Waals surface area contributed by atoms with Gasteiger partial charge in [-0.15, -0.1) is 0 Å². The molecule has 0 amide bonds. The first-order valence-corrected chi connectivity index (χ1v) is 6.92. The quantitative estimate of drug-likeness (QED) is 0.829. The summed E-state index contributed by atoms with van der Waals surface area (Å²) in [6.45, 7) is 3.95. The standard InChI is InChI=1S/C15H23NO4/c1-11-7-16(9-15(20-11)14(18)10-17)8-12-3-5-13(19-2)6-4-12/h3-6,11,14-15,17-18H,7-10H2,1-2H3/t11-,14?,15-/m0/s1. The normalized spacial score (nSPS) is 25.4. The predicted octanol–water partition coefficient (Wildman–Crippen LogP) is 0.638. The Bertz CT molecular complexity index is 409. The van der Waals surface area contributed by atoms with Crippen LogP contribution in [0.15, 0.2) is 24.3 Å². The smallest absolute Gasteiger partial charge is 0.118 e. The molecule has 0 aromatic heterocycles. The second-order valence-electron chi connectivity index (χ2n) is 5.28. The van der Waals surface area contributed by atoms with E-state index >= 15 is 0 Å². The number of hydrogen-bond donors (Lipinski definition) is 2. The number of methoxy groups -OCH3 is 1. The second kappa shape index (κ2) is 7.04. The highest BCUT2D eigenvalue weighted by Crippen LogP contribution is 2.18. The molecular formula is C15H23NO4. The maximum atomic E-state index is 9.73. The van der Waals surface area contributed by atoms with E-state index < -0.39 is 6.10 Å². The van der Waals surface area contributed by atoms with Crippen LogP contribution in [0.25, 0.3) is 0 Å². The van der Waals surface area contributed by atoms with Crippen LogP contribution in [0.4, 0.5) is 0 Å². The molecule has 1 heterocycles. The Balaban J connectivity index is 1.96. The number of aliphatic hydroxyl groups is 2. The predicted molar refractivity (Wildman–Crippen MR) is 75.7 cm³/mol. The first-order valence-electron chi connectivity index (χ1n) is 6.92. The summed E-state index contributed by atoms with van der Waals surface area (Å²) in [4.78, 5) is 2.24.